The Balaban J connectivity index is 1.59. The molecule has 0 unspecified atom stereocenters. The molecule has 0 spiro atoms. The van der Waals surface area contributed by atoms with Crippen molar-refractivity contribution >= 4 is 0 Å². The molecular formula is C17H26N2O. The van der Waals surface area contributed by atoms with Crippen molar-refractivity contribution in [3.63, 3.8) is 0 Å². The molecule has 3 heteroatoms. The van der Waals surface area contributed by atoms with Gasteiger partial charge in [-0.15, -0.1) is 0 Å². The van der Waals surface area contributed by atoms with Gasteiger partial charge in [-0.1, -0.05) is 36.9 Å². The summed E-state index contributed by atoms with van der Waals surface area (Å²) < 4.78 is 5.12. The molecule has 0 aliphatic carbocycles. The van der Waals surface area contributed by atoms with Crippen LogP contribution in [0.5, 0.6) is 0 Å². The van der Waals surface area contributed by atoms with E-state index in [1.165, 1.54) is 37.8 Å². The number of piperidine rings is 1. The van der Waals surface area contributed by atoms with E-state index in [9.17, 15) is 0 Å². The molecule has 20 heavy (non-hydrogen) atoms. The fourth-order valence-electron chi connectivity index (χ4n) is 2.68. The Morgan fingerprint density at radius 1 is 1.25 bits per heavy atom. The van der Waals surface area contributed by atoms with Gasteiger partial charge in [-0.05, 0) is 44.5 Å². The molecule has 0 radical (unpaired) electrons. The maximum Gasteiger partial charge on any atom is 0.0885 e. The minimum Gasteiger partial charge on any atom is -0.502 e. The van der Waals surface area contributed by atoms with Gasteiger partial charge in [0.05, 0.1) is 12.9 Å². The molecule has 3 nitrogen and oxygen atoms in total. The zero-order valence-corrected chi connectivity index (χ0v) is 12.3. The summed E-state index contributed by atoms with van der Waals surface area (Å²) in [4.78, 5) is 2.55. The normalized spacial score (nSPS) is 17.0. The molecule has 1 aliphatic rings. The maximum absolute atomic E-state index is 5.12. The van der Waals surface area contributed by atoms with Gasteiger partial charge in [0, 0.05) is 12.6 Å². The van der Waals surface area contributed by atoms with E-state index in [1.807, 2.05) is 0 Å². The molecule has 0 bridgehead atoms. The average Bonchev–Trinajstić information content (AvgIpc) is 2.50. The van der Waals surface area contributed by atoms with Crippen LogP contribution in [0.1, 0.15) is 24.8 Å². The summed E-state index contributed by atoms with van der Waals surface area (Å²) in [6.07, 6.45) is 5.06. The maximum atomic E-state index is 5.12. The van der Waals surface area contributed by atoms with Crippen molar-refractivity contribution in [2.24, 2.45) is 0 Å². The second-order valence-corrected chi connectivity index (χ2v) is 5.38. The Morgan fingerprint density at radius 3 is 2.70 bits per heavy atom. The zero-order chi connectivity index (χ0) is 14.0. The monoisotopic (exact) mass is 274 g/mol. The summed E-state index contributed by atoms with van der Waals surface area (Å²) in [5.74, 6) is 0. The molecule has 1 N–H and O–H groups in total. The molecule has 0 saturated carbocycles. The zero-order valence-electron chi connectivity index (χ0n) is 12.3. The van der Waals surface area contributed by atoms with Gasteiger partial charge in [0.25, 0.3) is 0 Å². The highest BCUT2D eigenvalue weighted by Gasteiger charge is 2.18. The summed E-state index contributed by atoms with van der Waals surface area (Å²) in [6.45, 7) is 8.81. The highest BCUT2D eigenvalue weighted by Crippen LogP contribution is 2.13. The van der Waals surface area contributed by atoms with E-state index in [4.69, 9.17) is 4.74 Å². The lowest BCUT2D eigenvalue weighted by Crippen LogP contribution is -2.42. The number of likely N-dealkylation sites (tertiary alicyclic amines) is 1. The van der Waals surface area contributed by atoms with Crippen LogP contribution in [0.15, 0.2) is 43.2 Å². The van der Waals surface area contributed by atoms with E-state index in [2.05, 4.69) is 47.1 Å². The highest BCUT2D eigenvalue weighted by molar-refractivity contribution is 5.14. The van der Waals surface area contributed by atoms with Crippen LogP contribution in [-0.4, -0.2) is 37.2 Å². The summed E-state index contributed by atoms with van der Waals surface area (Å²) in [7, 11) is 0. The molecule has 2 rings (SSSR count). The first kappa shape index (κ1) is 15.1. The van der Waals surface area contributed by atoms with Crippen LogP contribution in [0.4, 0.5) is 0 Å². The predicted molar refractivity (Wildman–Crippen MR) is 83.5 cm³/mol. The lowest BCUT2D eigenvalue weighted by Gasteiger charge is -2.32. The minimum atomic E-state index is 0.672. The SMILES string of the molecule is C=COCCCNC1CCN(Cc2ccccc2)CC1. The van der Waals surface area contributed by atoms with Crippen molar-refractivity contribution in [3.05, 3.63) is 48.7 Å². The third-order valence-electron chi connectivity index (χ3n) is 3.83. The standard InChI is InChI=1S/C17H26N2O/c1-2-20-14-6-11-18-17-9-12-19(13-10-17)15-16-7-4-3-5-8-16/h2-5,7-8,17-18H,1,6,9-15H2. The van der Waals surface area contributed by atoms with Crippen LogP contribution in [-0.2, 0) is 11.3 Å². The highest BCUT2D eigenvalue weighted by atomic mass is 16.5. The largest absolute Gasteiger partial charge is 0.502 e. The third kappa shape index (κ3) is 5.35. The number of ether oxygens (including phenoxy) is 1. The van der Waals surface area contributed by atoms with Gasteiger partial charge in [-0.25, -0.2) is 0 Å². The molecule has 1 saturated heterocycles. The van der Waals surface area contributed by atoms with Gasteiger partial charge < -0.3 is 10.1 Å². The Hall–Kier alpha value is -1.32. The van der Waals surface area contributed by atoms with Gasteiger partial charge >= 0.3 is 0 Å². The van der Waals surface area contributed by atoms with Crippen LogP contribution < -0.4 is 5.32 Å². The number of nitrogens with zero attached hydrogens (tertiary/aromatic N) is 1. The summed E-state index contributed by atoms with van der Waals surface area (Å²) >= 11 is 0. The fourth-order valence-corrected chi connectivity index (χ4v) is 2.68. The van der Waals surface area contributed by atoms with Crippen molar-refractivity contribution in [1.29, 1.82) is 0 Å². The Morgan fingerprint density at radius 2 is 2.00 bits per heavy atom. The van der Waals surface area contributed by atoms with E-state index in [0.29, 0.717) is 6.04 Å². The van der Waals surface area contributed by atoms with Crippen molar-refractivity contribution < 1.29 is 4.74 Å². The first-order valence-electron chi connectivity index (χ1n) is 7.60. The molecular weight excluding hydrogens is 248 g/mol. The van der Waals surface area contributed by atoms with Crippen LogP contribution in [0.3, 0.4) is 0 Å². The minimum absolute atomic E-state index is 0.672. The molecule has 110 valence electrons. The smallest absolute Gasteiger partial charge is 0.0885 e. The first-order chi connectivity index (χ1) is 9.88. The summed E-state index contributed by atoms with van der Waals surface area (Å²) in [5, 5.41) is 3.62. The number of nitrogens with one attached hydrogen (secondary N) is 1. The number of rotatable bonds is 8. The van der Waals surface area contributed by atoms with Crippen LogP contribution in [0.25, 0.3) is 0 Å². The van der Waals surface area contributed by atoms with Crippen LogP contribution in [0.2, 0.25) is 0 Å². The van der Waals surface area contributed by atoms with E-state index >= 15 is 0 Å². The fraction of sp³-hybridized carbons (Fsp3) is 0.529. The van der Waals surface area contributed by atoms with Crippen molar-refractivity contribution in [3.8, 4) is 0 Å². The van der Waals surface area contributed by atoms with E-state index in [1.54, 1.807) is 0 Å². The average molecular weight is 274 g/mol. The van der Waals surface area contributed by atoms with Gasteiger partial charge in [0.1, 0.15) is 0 Å². The Labute approximate surface area is 122 Å². The quantitative estimate of drug-likeness (QED) is 0.583. The van der Waals surface area contributed by atoms with Gasteiger partial charge in [-0.2, -0.15) is 0 Å². The van der Waals surface area contributed by atoms with E-state index in [-0.39, 0.29) is 0 Å². The number of hydrogen-bond acceptors (Lipinski definition) is 3. The molecule has 0 aromatic heterocycles. The molecule has 1 aliphatic heterocycles. The number of hydrogen-bond donors (Lipinski definition) is 1. The molecule has 1 fully saturated rings. The van der Waals surface area contributed by atoms with Crippen LogP contribution >= 0.6 is 0 Å². The molecule has 1 aromatic carbocycles. The van der Waals surface area contributed by atoms with Crippen molar-refractivity contribution in [2.45, 2.75) is 31.8 Å². The van der Waals surface area contributed by atoms with Gasteiger partial charge in [0.2, 0.25) is 0 Å². The van der Waals surface area contributed by atoms with E-state index < -0.39 is 0 Å². The third-order valence-corrected chi connectivity index (χ3v) is 3.83. The Bertz CT molecular complexity index is 372. The summed E-state index contributed by atoms with van der Waals surface area (Å²) in [5.41, 5.74) is 1.42. The predicted octanol–water partition coefficient (Wildman–Crippen LogP) is 2.79. The topological polar surface area (TPSA) is 24.5 Å². The second kappa shape index (κ2) is 8.77. The van der Waals surface area contributed by atoms with Crippen molar-refractivity contribution in [1.82, 2.24) is 10.2 Å². The molecule has 0 atom stereocenters. The first-order valence-corrected chi connectivity index (χ1v) is 7.60. The summed E-state index contributed by atoms with van der Waals surface area (Å²) in [6, 6.07) is 11.4. The lowest BCUT2D eigenvalue weighted by atomic mass is 10.0. The lowest BCUT2D eigenvalue weighted by molar-refractivity contribution is 0.186. The molecule has 0 amide bonds. The van der Waals surface area contributed by atoms with Crippen molar-refractivity contribution in [2.75, 3.05) is 26.2 Å². The van der Waals surface area contributed by atoms with E-state index in [0.717, 1.165) is 26.1 Å². The molecule has 1 heterocycles. The Kier molecular flexibility index (Phi) is 6.61. The second-order valence-electron chi connectivity index (χ2n) is 5.38. The van der Waals surface area contributed by atoms with Gasteiger partial charge in [0.15, 0.2) is 0 Å². The molecule has 1 aromatic rings. The van der Waals surface area contributed by atoms with Gasteiger partial charge in [-0.3, -0.25) is 4.90 Å². The number of benzene rings is 1. The van der Waals surface area contributed by atoms with Crippen LogP contribution in [0, 0.1) is 0 Å².